The average Bonchev–Trinajstić information content (AvgIpc) is 2.23. The van der Waals surface area contributed by atoms with Crippen molar-refractivity contribution in [3.8, 4) is 0 Å². The molecule has 0 bridgehead atoms. The van der Waals surface area contributed by atoms with E-state index in [1.807, 2.05) is 0 Å². The molecular formula is C8H19BrN3O6P. The van der Waals surface area contributed by atoms with Crippen molar-refractivity contribution in [2.75, 3.05) is 0 Å². The number of aliphatic carboxylic acids is 1. The molecule has 0 rings (SSSR count). The molecule has 0 radical (unpaired) electrons. The number of nitrogens with one attached hydrogen (secondary N) is 1. The molecule has 0 fully saturated rings. The SMILES string of the molecule is Br.C[C@H](NC(=O)CC[C@H](N)C(N)P(=O)(O)O)C(=O)O. The van der Waals surface area contributed by atoms with E-state index in [2.05, 4.69) is 5.32 Å². The molecule has 1 amide bonds. The summed E-state index contributed by atoms with van der Waals surface area (Å²) in [6, 6.07) is -2.08. The normalized spacial score (nSPS) is 15.8. The van der Waals surface area contributed by atoms with Crippen molar-refractivity contribution in [1.82, 2.24) is 5.32 Å². The van der Waals surface area contributed by atoms with Gasteiger partial charge in [-0.1, -0.05) is 0 Å². The molecule has 0 aliphatic carbocycles. The average molecular weight is 364 g/mol. The maximum absolute atomic E-state index is 11.3. The van der Waals surface area contributed by atoms with Crippen LogP contribution in [0, 0.1) is 0 Å². The van der Waals surface area contributed by atoms with Crippen LogP contribution in [0.5, 0.6) is 0 Å². The fourth-order valence-corrected chi connectivity index (χ4v) is 1.74. The number of carboxylic acids is 1. The molecule has 0 saturated carbocycles. The minimum atomic E-state index is -4.49. The third kappa shape index (κ3) is 8.30. The summed E-state index contributed by atoms with van der Waals surface area (Å²) in [4.78, 5) is 39.3. The molecule has 0 aromatic carbocycles. The summed E-state index contributed by atoms with van der Waals surface area (Å²) < 4.78 is 10.8. The lowest BCUT2D eigenvalue weighted by Gasteiger charge is -2.20. The molecule has 0 aromatic heterocycles. The molecule has 11 heteroatoms. The molecule has 1 unspecified atom stereocenters. The van der Waals surface area contributed by atoms with Crippen LogP contribution in [0.1, 0.15) is 19.8 Å². The third-order valence-corrected chi connectivity index (χ3v) is 3.44. The monoisotopic (exact) mass is 363 g/mol. The highest BCUT2D eigenvalue weighted by Gasteiger charge is 2.30. The van der Waals surface area contributed by atoms with Crippen molar-refractivity contribution in [2.45, 2.75) is 37.6 Å². The van der Waals surface area contributed by atoms with Crippen LogP contribution < -0.4 is 16.8 Å². The van der Waals surface area contributed by atoms with Crippen LogP contribution in [0.4, 0.5) is 0 Å². The number of carbonyl (C=O) groups is 2. The van der Waals surface area contributed by atoms with Crippen LogP contribution in [0.25, 0.3) is 0 Å². The van der Waals surface area contributed by atoms with Crippen LogP contribution in [-0.4, -0.2) is 44.6 Å². The second-order valence-electron chi connectivity index (χ2n) is 3.91. The Morgan fingerprint density at radius 3 is 2.16 bits per heavy atom. The fraction of sp³-hybridized carbons (Fsp3) is 0.750. The van der Waals surface area contributed by atoms with E-state index in [4.69, 9.17) is 26.4 Å². The van der Waals surface area contributed by atoms with Gasteiger partial charge in [0.15, 0.2) is 0 Å². The van der Waals surface area contributed by atoms with Gasteiger partial charge in [-0.3, -0.25) is 14.2 Å². The zero-order valence-corrected chi connectivity index (χ0v) is 12.8. The highest BCUT2D eigenvalue weighted by atomic mass is 79.9. The Kier molecular flexibility index (Phi) is 9.44. The first kappa shape index (κ1) is 20.8. The van der Waals surface area contributed by atoms with Crippen molar-refractivity contribution in [3.63, 3.8) is 0 Å². The lowest BCUT2D eigenvalue weighted by atomic mass is 10.1. The van der Waals surface area contributed by atoms with Crippen LogP contribution in [0.15, 0.2) is 0 Å². The first-order valence-electron chi connectivity index (χ1n) is 5.14. The Morgan fingerprint density at radius 1 is 1.32 bits per heavy atom. The predicted molar refractivity (Wildman–Crippen MR) is 72.8 cm³/mol. The Hall–Kier alpha value is -0.510. The maximum atomic E-state index is 11.3. The zero-order valence-electron chi connectivity index (χ0n) is 10.2. The van der Waals surface area contributed by atoms with Crippen LogP contribution in [-0.2, 0) is 14.2 Å². The summed E-state index contributed by atoms with van der Waals surface area (Å²) in [6.07, 6.45) is -0.211. The molecule has 19 heavy (non-hydrogen) atoms. The lowest BCUT2D eigenvalue weighted by molar-refractivity contribution is -0.141. The maximum Gasteiger partial charge on any atom is 0.343 e. The van der Waals surface area contributed by atoms with Gasteiger partial charge >= 0.3 is 13.6 Å². The quantitative estimate of drug-likeness (QED) is 0.303. The molecule has 0 saturated heterocycles. The van der Waals surface area contributed by atoms with Crippen LogP contribution in [0.3, 0.4) is 0 Å². The predicted octanol–water partition coefficient (Wildman–Crippen LogP) is -1.28. The Balaban J connectivity index is 0. The summed E-state index contributed by atoms with van der Waals surface area (Å²) >= 11 is 0. The highest BCUT2D eigenvalue weighted by molar-refractivity contribution is 8.93. The summed E-state index contributed by atoms with van der Waals surface area (Å²) in [5.74, 6) is -3.29. The molecule has 8 N–H and O–H groups in total. The van der Waals surface area contributed by atoms with Gasteiger partial charge in [0.25, 0.3) is 0 Å². The second kappa shape index (κ2) is 8.62. The van der Waals surface area contributed by atoms with Gasteiger partial charge in [-0.25, -0.2) is 0 Å². The third-order valence-electron chi connectivity index (χ3n) is 2.28. The van der Waals surface area contributed by atoms with Crippen molar-refractivity contribution in [3.05, 3.63) is 0 Å². The number of hydrogen-bond acceptors (Lipinski definition) is 5. The zero-order chi connectivity index (χ0) is 14.5. The topological polar surface area (TPSA) is 176 Å². The van der Waals surface area contributed by atoms with E-state index < -0.39 is 37.3 Å². The van der Waals surface area contributed by atoms with Crippen molar-refractivity contribution >= 4 is 36.5 Å². The first-order valence-corrected chi connectivity index (χ1v) is 6.82. The summed E-state index contributed by atoms with van der Waals surface area (Å²) in [6.45, 7) is 1.29. The van der Waals surface area contributed by atoms with E-state index in [1.165, 1.54) is 6.92 Å². The molecule has 3 atom stereocenters. The number of rotatable bonds is 7. The molecule has 9 nitrogen and oxygen atoms in total. The van der Waals surface area contributed by atoms with E-state index in [1.54, 1.807) is 0 Å². The molecule has 0 spiro atoms. The van der Waals surface area contributed by atoms with E-state index in [9.17, 15) is 14.2 Å². The van der Waals surface area contributed by atoms with Crippen LogP contribution >= 0.6 is 24.6 Å². The summed E-state index contributed by atoms with van der Waals surface area (Å²) in [5.41, 5.74) is 10.6. The summed E-state index contributed by atoms with van der Waals surface area (Å²) in [5, 5.41) is 10.7. The van der Waals surface area contributed by atoms with E-state index in [0.29, 0.717) is 0 Å². The Morgan fingerprint density at radius 2 is 1.79 bits per heavy atom. The van der Waals surface area contributed by atoms with Gasteiger partial charge in [0.05, 0.1) is 0 Å². The smallest absolute Gasteiger partial charge is 0.343 e. The van der Waals surface area contributed by atoms with Gasteiger partial charge in [0, 0.05) is 12.5 Å². The van der Waals surface area contributed by atoms with Gasteiger partial charge in [-0.15, -0.1) is 17.0 Å². The van der Waals surface area contributed by atoms with Crippen LogP contribution in [0.2, 0.25) is 0 Å². The first-order chi connectivity index (χ1) is 8.05. The number of carboxylic acid groups (broad SMARTS) is 1. The molecule has 0 heterocycles. The minimum Gasteiger partial charge on any atom is -0.480 e. The number of amides is 1. The van der Waals surface area contributed by atoms with Crippen molar-refractivity contribution < 1.29 is 29.0 Å². The van der Waals surface area contributed by atoms with Gasteiger partial charge in [-0.2, -0.15) is 0 Å². The largest absolute Gasteiger partial charge is 0.480 e. The standard InChI is InChI=1S/C8H18N3O6P.BrH/c1-4(8(13)14)11-6(12)3-2-5(9)7(10)18(15,16)17;/h4-5,7H,2-3,9-10H2,1H3,(H,11,12)(H,13,14)(H2,15,16,17);1H/t4-,5-,7?;/m0./s1. The number of halogens is 1. The molecule has 114 valence electrons. The van der Waals surface area contributed by atoms with E-state index in [0.717, 1.165) is 0 Å². The molecule has 0 aliphatic rings. The van der Waals surface area contributed by atoms with E-state index >= 15 is 0 Å². The lowest BCUT2D eigenvalue weighted by Crippen LogP contribution is -2.43. The Labute approximate surface area is 120 Å². The molecular weight excluding hydrogens is 345 g/mol. The number of nitrogens with two attached hydrogens (primary N) is 2. The van der Waals surface area contributed by atoms with Gasteiger partial charge in [-0.05, 0) is 13.3 Å². The van der Waals surface area contributed by atoms with Gasteiger partial charge < -0.3 is 31.7 Å². The second-order valence-corrected chi connectivity index (χ2v) is 5.68. The highest BCUT2D eigenvalue weighted by Crippen LogP contribution is 2.39. The Bertz CT molecular complexity index is 362. The van der Waals surface area contributed by atoms with E-state index in [-0.39, 0.29) is 29.8 Å². The number of carbonyl (C=O) groups excluding carboxylic acids is 1. The van der Waals surface area contributed by atoms with Crippen molar-refractivity contribution in [1.29, 1.82) is 0 Å². The van der Waals surface area contributed by atoms with Gasteiger partial charge in [0.1, 0.15) is 11.8 Å². The van der Waals surface area contributed by atoms with Gasteiger partial charge in [0.2, 0.25) is 5.91 Å². The van der Waals surface area contributed by atoms with Crippen molar-refractivity contribution in [2.24, 2.45) is 11.5 Å². The molecule has 0 aliphatic heterocycles. The summed E-state index contributed by atoms with van der Waals surface area (Å²) in [7, 11) is -4.49. The molecule has 0 aromatic rings. The fourth-order valence-electron chi connectivity index (χ4n) is 1.09. The minimum absolute atomic E-state index is 0. The number of hydrogen-bond donors (Lipinski definition) is 6.